The lowest BCUT2D eigenvalue weighted by Gasteiger charge is -2.51. The zero-order valence-electron chi connectivity index (χ0n) is 19.8. The normalized spacial score (nSPS) is 23.9. The van der Waals surface area contributed by atoms with Gasteiger partial charge in [-0.3, -0.25) is 0 Å². The van der Waals surface area contributed by atoms with Crippen molar-refractivity contribution in [2.75, 3.05) is 0 Å². The lowest BCUT2D eigenvalue weighted by atomic mass is 9.51. The van der Waals surface area contributed by atoms with Gasteiger partial charge in [0.1, 0.15) is 0 Å². The van der Waals surface area contributed by atoms with Crippen LogP contribution in [0.3, 0.4) is 0 Å². The largest absolute Gasteiger partial charge is 0.0622 e. The Morgan fingerprint density at radius 1 is 0.353 bits per heavy atom. The number of hydrogen-bond acceptors (Lipinski definition) is 0. The molecule has 2 fully saturated rings. The molecule has 34 heavy (non-hydrogen) atoms. The summed E-state index contributed by atoms with van der Waals surface area (Å²) in [6.07, 6.45) is 7.60. The molecule has 6 rings (SSSR count). The lowest BCUT2D eigenvalue weighted by Crippen LogP contribution is -2.44. The van der Waals surface area contributed by atoms with Gasteiger partial charge in [-0.2, -0.15) is 0 Å². The van der Waals surface area contributed by atoms with E-state index < -0.39 is 0 Å². The minimum atomic E-state index is 0.136. The molecule has 0 amide bonds. The molecule has 0 bridgehead atoms. The Morgan fingerprint density at radius 3 is 0.824 bits per heavy atom. The molecule has 0 aromatic heterocycles. The Balaban J connectivity index is 1.59. The van der Waals surface area contributed by atoms with Crippen LogP contribution in [0.1, 0.15) is 60.8 Å². The van der Waals surface area contributed by atoms with Crippen LogP contribution in [0.5, 0.6) is 0 Å². The zero-order valence-corrected chi connectivity index (χ0v) is 19.8. The van der Waals surface area contributed by atoms with Gasteiger partial charge in [-0.15, -0.1) is 0 Å². The standard InChI is InChI=1S/C34H32/c1-5-15-27(16-6-1)31(28-17-7-2-8-18-28)33-23-13-25-34(33,26-14-24-33)32(29-19-9-3-10-20-29)30-21-11-4-12-22-30/h1-12,15-22H,13-14,23-26H2. The molecule has 168 valence electrons. The maximum atomic E-state index is 2.34. The third kappa shape index (κ3) is 3.35. The zero-order chi connectivity index (χ0) is 22.8. The third-order valence-corrected chi connectivity index (χ3v) is 8.54. The van der Waals surface area contributed by atoms with Gasteiger partial charge in [0, 0.05) is 11.8 Å². The summed E-state index contributed by atoms with van der Waals surface area (Å²) < 4.78 is 0. The molecule has 0 heteroatoms. The molecule has 0 spiro atoms. The van der Waals surface area contributed by atoms with Crippen molar-refractivity contribution in [3.05, 3.63) is 155 Å². The van der Waals surface area contributed by atoms with Crippen molar-refractivity contribution in [2.45, 2.75) is 38.5 Å². The van der Waals surface area contributed by atoms with E-state index >= 15 is 0 Å². The van der Waals surface area contributed by atoms with E-state index in [4.69, 9.17) is 0 Å². The van der Waals surface area contributed by atoms with E-state index in [9.17, 15) is 0 Å². The van der Waals surface area contributed by atoms with Gasteiger partial charge in [-0.25, -0.2) is 0 Å². The van der Waals surface area contributed by atoms with Crippen LogP contribution in [0.4, 0.5) is 0 Å². The number of benzene rings is 4. The second kappa shape index (κ2) is 8.91. The van der Waals surface area contributed by atoms with Crippen molar-refractivity contribution in [1.82, 2.24) is 0 Å². The Hall–Kier alpha value is -3.12. The molecule has 4 aromatic carbocycles. The van der Waals surface area contributed by atoms with Gasteiger partial charge in [0.05, 0.1) is 0 Å². The summed E-state index contributed by atoms with van der Waals surface area (Å²) in [4.78, 5) is 0. The molecular formula is C34H32. The van der Waals surface area contributed by atoms with E-state index in [-0.39, 0.29) is 10.8 Å². The number of rotatable bonds is 6. The first kappa shape index (κ1) is 21.4. The fourth-order valence-electron chi connectivity index (χ4n) is 7.43. The Labute approximate surface area is 204 Å². The fraction of sp³-hybridized carbons (Fsp3) is 0.235. The molecule has 2 radical (unpaired) electrons. The topological polar surface area (TPSA) is 0 Å². The molecule has 0 saturated heterocycles. The molecule has 2 saturated carbocycles. The third-order valence-electron chi connectivity index (χ3n) is 8.54. The van der Waals surface area contributed by atoms with Crippen LogP contribution in [-0.4, -0.2) is 0 Å². The highest BCUT2D eigenvalue weighted by Gasteiger charge is 2.65. The average Bonchev–Trinajstić information content (AvgIpc) is 3.43. The van der Waals surface area contributed by atoms with E-state index in [1.165, 1.54) is 60.8 Å². The molecule has 0 atom stereocenters. The fourth-order valence-corrected chi connectivity index (χ4v) is 7.43. The molecule has 0 unspecified atom stereocenters. The second-order valence-corrected chi connectivity index (χ2v) is 10.1. The van der Waals surface area contributed by atoms with Gasteiger partial charge >= 0.3 is 0 Å². The average molecular weight is 441 g/mol. The quantitative estimate of drug-likeness (QED) is 0.281. The first-order valence-electron chi connectivity index (χ1n) is 12.8. The van der Waals surface area contributed by atoms with E-state index in [0.717, 1.165) is 0 Å². The van der Waals surface area contributed by atoms with Gasteiger partial charge in [-0.1, -0.05) is 134 Å². The number of fused-ring (bicyclic) bond motifs is 1. The summed E-state index contributed by atoms with van der Waals surface area (Å²) in [5.41, 5.74) is 5.84. The van der Waals surface area contributed by atoms with Crippen LogP contribution in [-0.2, 0) is 0 Å². The Morgan fingerprint density at radius 2 is 0.588 bits per heavy atom. The van der Waals surface area contributed by atoms with E-state index in [0.29, 0.717) is 0 Å². The summed E-state index contributed by atoms with van der Waals surface area (Å²) in [6, 6.07) is 44.9. The van der Waals surface area contributed by atoms with E-state index in [2.05, 4.69) is 121 Å². The van der Waals surface area contributed by atoms with Crippen LogP contribution < -0.4 is 0 Å². The summed E-state index contributed by atoms with van der Waals surface area (Å²) in [5.74, 6) is 3.13. The summed E-state index contributed by atoms with van der Waals surface area (Å²) in [7, 11) is 0. The van der Waals surface area contributed by atoms with Gasteiger partial charge < -0.3 is 0 Å². The highest BCUT2D eigenvalue weighted by atomic mass is 14.7. The highest BCUT2D eigenvalue weighted by molar-refractivity contribution is 5.58. The van der Waals surface area contributed by atoms with Crippen molar-refractivity contribution in [1.29, 1.82) is 0 Å². The second-order valence-electron chi connectivity index (χ2n) is 10.1. The molecule has 2 aliphatic carbocycles. The molecular weight excluding hydrogens is 408 g/mol. The van der Waals surface area contributed by atoms with Crippen LogP contribution in [0.15, 0.2) is 121 Å². The smallest absolute Gasteiger partial charge is 0.0407 e. The molecule has 2 aliphatic rings. The molecule has 0 heterocycles. The number of hydrogen-bond donors (Lipinski definition) is 0. The monoisotopic (exact) mass is 440 g/mol. The Kier molecular flexibility index (Phi) is 5.61. The van der Waals surface area contributed by atoms with Crippen LogP contribution in [0.25, 0.3) is 0 Å². The predicted octanol–water partition coefficient (Wildman–Crippen LogP) is 8.67. The first-order valence-corrected chi connectivity index (χ1v) is 12.8. The molecule has 0 aliphatic heterocycles. The van der Waals surface area contributed by atoms with Crippen molar-refractivity contribution in [2.24, 2.45) is 10.8 Å². The minimum absolute atomic E-state index is 0.136. The van der Waals surface area contributed by atoms with Crippen LogP contribution in [0.2, 0.25) is 0 Å². The van der Waals surface area contributed by atoms with Gasteiger partial charge in [-0.05, 0) is 58.8 Å². The predicted molar refractivity (Wildman–Crippen MR) is 141 cm³/mol. The Bertz CT molecular complexity index is 1010. The maximum absolute atomic E-state index is 2.34. The van der Waals surface area contributed by atoms with Crippen LogP contribution >= 0.6 is 0 Å². The highest BCUT2D eigenvalue weighted by Crippen LogP contribution is 2.73. The van der Waals surface area contributed by atoms with Gasteiger partial charge in [0.25, 0.3) is 0 Å². The van der Waals surface area contributed by atoms with E-state index in [1.54, 1.807) is 11.8 Å². The van der Waals surface area contributed by atoms with Gasteiger partial charge in [0.15, 0.2) is 0 Å². The first-order chi connectivity index (χ1) is 16.8. The summed E-state index contributed by atoms with van der Waals surface area (Å²) in [5, 5.41) is 0. The maximum Gasteiger partial charge on any atom is 0.0407 e. The SMILES string of the molecule is c1ccc([C](c2ccccc2)C23CCCC2([C](c2ccccc2)c2ccccc2)CCC3)cc1. The molecule has 0 N–H and O–H groups in total. The van der Waals surface area contributed by atoms with Crippen molar-refractivity contribution < 1.29 is 0 Å². The summed E-state index contributed by atoms with van der Waals surface area (Å²) in [6.45, 7) is 0. The molecule has 0 nitrogen and oxygen atoms in total. The van der Waals surface area contributed by atoms with Gasteiger partial charge in [0.2, 0.25) is 0 Å². The van der Waals surface area contributed by atoms with Crippen molar-refractivity contribution >= 4 is 0 Å². The van der Waals surface area contributed by atoms with E-state index in [1.807, 2.05) is 0 Å². The van der Waals surface area contributed by atoms with Crippen molar-refractivity contribution in [3.63, 3.8) is 0 Å². The van der Waals surface area contributed by atoms with Crippen LogP contribution in [0, 0.1) is 22.7 Å². The molecule has 4 aromatic rings. The minimum Gasteiger partial charge on any atom is -0.0622 e. The lowest BCUT2D eigenvalue weighted by molar-refractivity contribution is 0.162. The van der Waals surface area contributed by atoms with Crippen molar-refractivity contribution in [3.8, 4) is 0 Å². The summed E-state index contributed by atoms with van der Waals surface area (Å²) >= 11 is 0.